The van der Waals surface area contributed by atoms with Gasteiger partial charge < -0.3 is 15.1 Å². The van der Waals surface area contributed by atoms with Gasteiger partial charge in [0.25, 0.3) is 0 Å². The number of aryl methyl sites for hydroxylation is 1. The Morgan fingerprint density at radius 2 is 1.88 bits per heavy atom. The topological polar surface area (TPSA) is 53.4 Å². The molecule has 0 aromatic carbocycles. The van der Waals surface area contributed by atoms with E-state index in [0.717, 1.165) is 58.3 Å². The monoisotopic (exact) mass is 359 g/mol. The van der Waals surface area contributed by atoms with Gasteiger partial charge in [0, 0.05) is 38.6 Å². The van der Waals surface area contributed by atoms with Gasteiger partial charge in [0.15, 0.2) is 0 Å². The van der Waals surface area contributed by atoms with Crippen LogP contribution in [0, 0.1) is 5.92 Å². The van der Waals surface area contributed by atoms with E-state index in [1.807, 2.05) is 28.0 Å². The number of nitrogens with zero attached hydrogens (tertiary/aromatic N) is 4. The molecular formula is C20H33N5O. The first kappa shape index (κ1) is 17.8. The smallest absolute Gasteiger partial charge is 0.317 e. The summed E-state index contributed by atoms with van der Waals surface area (Å²) in [6.07, 6.45) is 13.6. The van der Waals surface area contributed by atoms with Crippen LogP contribution < -0.4 is 5.32 Å². The quantitative estimate of drug-likeness (QED) is 0.850. The third-order valence-electron chi connectivity index (χ3n) is 6.43. The van der Waals surface area contributed by atoms with Crippen LogP contribution >= 0.6 is 0 Å². The third kappa shape index (κ3) is 4.58. The van der Waals surface area contributed by atoms with Gasteiger partial charge in [-0.05, 0) is 70.0 Å². The zero-order valence-corrected chi connectivity index (χ0v) is 15.9. The van der Waals surface area contributed by atoms with Crippen molar-refractivity contribution in [2.24, 2.45) is 5.92 Å². The molecule has 2 aliphatic heterocycles. The van der Waals surface area contributed by atoms with Crippen LogP contribution in [-0.4, -0.2) is 63.9 Å². The van der Waals surface area contributed by atoms with Gasteiger partial charge in [-0.2, -0.15) is 5.10 Å². The fraction of sp³-hybridized carbons (Fsp3) is 0.800. The van der Waals surface area contributed by atoms with Crippen molar-refractivity contribution in [3.05, 3.63) is 18.5 Å². The van der Waals surface area contributed by atoms with Crippen molar-refractivity contribution in [2.45, 2.75) is 63.5 Å². The number of likely N-dealkylation sites (tertiary alicyclic amines) is 2. The van der Waals surface area contributed by atoms with E-state index in [-0.39, 0.29) is 11.6 Å². The molecule has 6 heteroatoms. The predicted molar refractivity (Wildman–Crippen MR) is 102 cm³/mol. The van der Waals surface area contributed by atoms with Crippen molar-refractivity contribution >= 4 is 6.03 Å². The Morgan fingerprint density at radius 1 is 1.12 bits per heavy atom. The molecule has 0 radical (unpaired) electrons. The fourth-order valence-electron chi connectivity index (χ4n) is 4.50. The van der Waals surface area contributed by atoms with Crippen LogP contribution in [0.25, 0.3) is 0 Å². The Morgan fingerprint density at radius 3 is 2.54 bits per heavy atom. The molecule has 3 aliphatic rings. The Hall–Kier alpha value is -1.56. The number of rotatable bonds is 6. The lowest BCUT2D eigenvalue weighted by Gasteiger charge is -2.35. The van der Waals surface area contributed by atoms with Gasteiger partial charge in [-0.3, -0.25) is 4.68 Å². The van der Waals surface area contributed by atoms with Crippen LogP contribution in [0.3, 0.4) is 0 Å². The SMILES string of the molecule is O=C(NC1(CN2CCCCC2)CC1)N1CCC(CCn2cccn2)CC1. The van der Waals surface area contributed by atoms with Crippen molar-refractivity contribution in [3.8, 4) is 0 Å². The molecule has 1 N–H and O–H groups in total. The summed E-state index contributed by atoms with van der Waals surface area (Å²) in [6, 6.07) is 2.15. The van der Waals surface area contributed by atoms with Gasteiger partial charge in [0.05, 0.1) is 5.54 Å². The fourth-order valence-corrected chi connectivity index (χ4v) is 4.50. The standard InChI is InChI=1S/C20H33N5O/c26-19(22-20(8-9-20)17-23-11-2-1-3-12-23)24-14-5-18(6-15-24)7-16-25-13-4-10-21-25/h4,10,13,18H,1-3,5-9,11-12,14-17H2,(H,22,26). The Kier molecular flexibility index (Phi) is 5.48. The summed E-state index contributed by atoms with van der Waals surface area (Å²) >= 11 is 0. The average Bonchev–Trinajstić information content (AvgIpc) is 3.20. The summed E-state index contributed by atoms with van der Waals surface area (Å²) in [5.74, 6) is 0.714. The van der Waals surface area contributed by atoms with E-state index >= 15 is 0 Å². The summed E-state index contributed by atoms with van der Waals surface area (Å²) in [7, 11) is 0. The normalized spacial score (nSPS) is 23.8. The van der Waals surface area contributed by atoms with E-state index in [1.165, 1.54) is 32.4 Å². The molecule has 2 saturated heterocycles. The molecule has 4 rings (SSSR count). The number of carbonyl (C=O) groups is 1. The largest absolute Gasteiger partial charge is 0.331 e. The number of carbonyl (C=O) groups excluding carboxylic acids is 1. The van der Waals surface area contributed by atoms with E-state index in [1.54, 1.807) is 0 Å². The van der Waals surface area contributed by atoms with E-state index in [2.05, 4.69) is 15.3 Å². The first-order valence-electron chi connectivity index (χ1n) is 10.5. The van der Waals surface area contributed by atoms with E-state index < -0.39 is 0 Å². The van der Waals surface area contributed by atoms with Crippen molar-refractivity contribution in [3.63, 3.8) is 0 Å². The summed E-state index contributed by atoms with van der Waals surface area (Å²) in [6.45, 7) is 6.26. The van der Waals surface area contributed by atoms with Crippen LogP contribution in [0.4, 0.5) is 4.79 Å². The Bertz CT molecular complexity index is 569. The molecular weight excluding hydrogens is 326 g/mol. The molecule has 144 valence electrons. The number of piperidine rings is 2. The Labute approximate surface area is 156 Å². The zero-order chi connectivity index (χ0) is 17.8. The summed E-state index contributed by atoms with van der Waals surface area (Å²) in [5.41, 5.74) is 0.0748. The summed E-state index contributed by atoms with van der Waals surface area (Å²) < 4.78 is 2.01. The van der Waals surface area contributed by atoms with Crippen LogP contribution in [0.1, 0.15) is 51.4 Å². The van der Waals surface area contributed by atoms with Crippen LogP contribution in [0.2, 0.25) is 0 Å². The average molecular weight is 360 g/mol. The van der Waals surface area contributed by atoms with Crippen molar-refractivity contribution in [1.82, 2.24) is 24.9 Å². The predicted octanol–water partition coefficient (Wildman–Crippen LogP) is 2.71. The van der Waals surface area contributed by atoms with Gasteiger partial charge in [-0.1, -0.05) is 6.42 Å². The second-order valence-corrected chi connectivity index (χ2v) is 8.54. The van der Waals surface area contributed by atoms with Gasteiger partial charge >= 0.3 is 6.03 Å². The second kappa shape index (κ2) is 7.99. The molecule has 3 fully saturated rings. The van der Waals surface area contributed by atoms with Crippen molar-refractivity contribution in [1.29, 1.82) is 0 Å². The third-order valence-corrected chi connectivity index (χ3v) is 6.43. The molecule has 2 amide bonds. The highest BCUT2D eigenvalue weighted by atomic mass is 16.2. The molecule has 26 heavy (non-hydrogen) atoms. The Balaban J connectivity index is 1.18. The van der Waals surface area contributed by atoms with Crippen molar-refractivity contribution in [2.75, 3.05) is 32.7 Å². The zero-order valence-electron chi connectivity index (χ0n) is 15.9. The lowest BCUT2D eigenvalue weighted by Crippen LogP contribution is -2.53. The maximum atomic E-state index is 12.7. The molecule has 0 bridgehead atoms. The highest BCUT2D eigenvalue weighted by Gasteiger charge is 2.46. The van der Waals surface area contributed by atoms with Crippen LogP contribution in [0.15, 0.2) is 18.5 Å². The van der Waals surface area contributed by atoms with Crippen LogP contribution in [-0.2, 0) is 6.54 Å². The van der Waals surface area contributed by atoms with Gasteiger partial charge in [0.1, 0.15) is 0 Å². The molecule has 1 aromatic heterocycles. The van der Waals surface area contributed by atoms with Gasteiger partial charge in [0.2, 0.25) is 0 Å². The lowest BCUT2D eigenvalue weighted by molar-refractivity contribution is 0.152. The first-order chi connectivity index (χ1) is 12.7. The molecule has 1 aromatic rings. The van der Waals surface area contributed by atoms with Crippen LogP contribution in [0.5, 0.6) is 0 Å². The summed E-state index contributed by atoms with van der Waals surface area (Å²) in [4.78, 5) is 17.3. The molecule has 0 unspecified atom stereocenters. The van der Waals surface area contributed by atoms with Crippen molar-refractivity contribution < 1.29 is 4.79 Å². The van der Waals surface area contributed by atoms with Gasteiger partial charge in [-0.15, -0.1) is 0 Å². The van der Waals surface area contributed by atoms with E-state index in [0.29, 0.717) is 5.92 Å². The number of hydrogen-bond acceptors (Lipinski definition) is 3. The maximum Gasteiger partial charge on any atom is 0.317 e. The van der Waals surface area contributed by atoms with Gasteiger partial charge in [-0.25, -0.2) is 4.79 Å². The highest BCUT2D eigenvalue weighted by molar-refractivity contribution is 5.75. The first-order valence-corrected chi connectivity index (χ1v) is 10.5. The maximum absolute atomic E-state index is 12.7. The second-order valence-electron chi connectivity index (χ2n) is 8.54. The summed E-state index contributed by atoms with van der Waals surface area (Å²) in [5, 5.41) is 7.66. The number of urea groups is 1. The molecule has 6 nitrogen and oxygen atoms in total. The highest BCUT2D eigenvalue weighted by Crippen LogP contribution is 2.37. The minimum absolute atomic E-state index is 0.0748. The molecule has 1 aliphatic carbocycles. The van der Waals surface area contributed by atoms with E-state index in [4.69, 9.17) is 0 Å². The number of aromatic nitrogens is 2. The molecule has 1 saturated carbocycles. The molecule has 3 heterocycles. The lowest BCUT2D eigenvalue weighted by atomic mass is 9.94. The molecule has 0 spiro atoms. The number of hydrogen-bond donors (Lipinski definition) is 1. The molecule has 0 atom stereocenters. The number of nitrogens with one attached hydrogen (secondary N) is 1. The van der Waals surface area contributed by atoms with E-state index in [9.17, 15) is 4.79 Å². The minimum atomic E-state index is 0.0748. The minimum Gasteiger partial charge on any atom is -0.331 e. The number of amides is 2.